The largest absolute Gasteiger partial charge is 0.481 e. The monoisotopic (exact) mass is 248 g/mol. The van der Waals surface area contributed by atoms with E-state index in [-0.39, 0.29) is 6.54 Å². The summed E-state index contributed by atoms with van der Waals surface area (Å²) in [7, 11) is 0. The zero-order valence-electron chi connectivity index (χ0n) is 9.50. The molecule has 0 unspecified atom stereocenters. The lowest BCUT2D eigenvalue weighted by Crippen LogP contribution is -2.32. The van der Waals surface area contributed by atoms with Gasteiger partial charge in [0.1, 0.15) is 6.04 Å². The Balaban J connectivity index is 2.08. The molecule has 0 aromatic heterocycles. The normalized spacial score (nSPS) is 18.9. The number of amides is 3. The van der Waals surface area contributed by atoms with Gasteiger partial charge >= 0.3 is 12.0 Å². The van der Waals surface area contributed by atoms with Gasteiger partial charge in [-0.1, -0.05) is 30.3 Å². The highest BCUT2D eigenvalue weighted by molar-refractivity contribution is 6.05. The first-order chi connectivity index (χ1) is 8.58. The lowest BCUT2D eigenvalue weighted by Gasteiger charge is -2.12. The van der Waals surface area contributed by atoms with Crippen molar-refractivity contribution >= 4 is 17.9 Å². The van der Waals surface area contributed by atoms with Gasteiger partial charge in [-0.15, -0.1) is 0 Å². The van der Waals surface area contributed by atoms with Gasteiger partial charge in [0.2, 0.25) is 0 Å². The van der Waals surface area contributed by atoms with E-state index in [1.54, 1.807) is 12.1 Å². The average Bonchev–Trinajstić information content (AvgIpc) is 2.58. The zero-order valence-corrected chi connectivity index (χ0v) is 9.50. The summed E-state index contributed by atoms with van der Waals surface area (Å²) >= 11 is 0. The third-order valence-electron chi connectivity index (χ3n) is 2.67. The maximum absolute atomic E-state index is 11.8. The number of benzene rings is 1. The molecule has 1 aliphatic heterocycles. The van der Waals surface area contributed by atoms with Crippen molar-refractivity contribution in [3.8, 4) is 0 Å². The molecule has 6 heteroatoms. The molecule has 1 aromatic carbocycles. The number of imide groups is 1. The van der Waals surface area contributed by atoms with Crippen LogP contribution >= 0.6 is 0 Å². The smallest absolute Gasteiger partial charge is 0.325 e. The molecule has 0 bridgehead atoms. The summed E-state index contributed by atoms with van der Waals surface area (Å²) in [5.74, 6) is -1.61. The van der Waals surface area contributed by atoms with Crippen molar-refractivity contribution in [3.05, 3.63) is 35.9 Å². The Labute approximate surface area is 103 Å². The van der Waals surface area contributed by atoms with E-state index in [1.807, 2.05) is 18.2 Å². The van der Waals surface area contributed by atoms with Crippen LogP contribution in [-0.2, 0) is 16.1 Å². The summed E-state index contributed by atoms with van der Waals surface area (Å²) < 4.78 is 0. The molecule has 6 nitrogen and oxygen atoms in total. The second-order valence-electron chi connectivity index (χ2n) is 4.01. The van der Waals surface area contributed by atoms with Crippen LogP contribution in [0.3, 0.4) is 0 Å². The molecule has 0 radical (unpaired) electrons. The van der Waals surface area contributed by atoms with Crippen molar-refractivity contribution in [2.75, 3.05) is 0 Å². The highest BCUT2D eigenvalue weighted by Gasteiger charge is 2.38. The summed E-state index contributed by atoms with van der Waals surface area (Å²) in [4.78, 5) is 35.0. The Morgan fingerprint density at radius 2 is 1.94 bits per heavy atom. The number of nitrogens with one attached hydrogen (secondary N) is 1. The van der Waals surface area contributed by atoms with Gasteiger partial charge in [-0.3, -0.25) is 14.5 Å². The summed E-state index contributed by atoms with van der Waals surface area (Å²) in [5.41, 5.74) is 0.817. The van der Waals surface area contributed by atoms with Gasteiger partial charge in [0, 0.05) is 0 Å². The maximum Gasteiger partial charge on any atom is 0.325 e. The van der Waals surface area contributed by atoms with Gasteiger partial charge in [-0.25, -0.2) is 4.79 Å². The van der Waals surface area contributed by atoms with Crippen LogP contribution in [0, 0.1) is 0 Å². The van der Waals surface area contributed by atoms with Gasteiger partial charge in [0.05, 0.1) is 13.0 Å². The Morgan fingerprint density at radius 3 is 2.56 bits per heavy atom. The standard InChI is InChI=1S/C12H12N2O4/c15-10(16)6-9-11(17)14(12(18)13-9)7-8-4-2-1-3-5-8/h1-5,9H,6-7H2,(H,13,18)(H,15,16)/t9-/m1/s1. The van der Waals surface area contributed by atoms with Gasteiger partial charge < -0.3 is 10.4 Å². The van der Waals surface area contributed by atoms with Gasteiger partial charge in [-0.05, 0) is 5.56 Å². The van der Waals surface area contributed by atoms with Crippen LogP contribution in [-0.4, -0.2) is 34.0 Å². The van der Waals surface area contributed by atoms with Crippen molar-refractivity contribution in [2.24, 2.45) is 0 Å². The van der Waals surface area contributed by atoms with E-state index in [4.69, 9.17) is 5.11 Å². The molecule has 1 saturated heterocycles. The Hall–Kier alpha value is -2.37. The number of carboxylic acids is 1. The second-order valence-corrected chi connectivity index (χ2v) is 4.01. The summed E-state index contributed by atoms with van der Waals surface area (Å²) in [6.07, 6.45) is -0.393. The molecule has 1 aliphatic rings. The molecular weight excluding hydrogens is 236 g/mol. The number of carboxylic acid groups (broad SMARTS) is 1. The summed E-state index contributed by atoms with van der Waals surface area (Å²) in [6.45, 7) is 0.154. The minimum absolute atomic E-state index is 0.154. The first-order valence-corrected chi connectivity index (χ1v) is 5.45. The van der Waals surface area contributed by atoms with Crippen molar-refractivity contribution in [3.63, 3.8) is 0 Å². The predicted molar refractivity (Wildman–Crippen MR) is 61.6 cm³/mol. The minimum Gasteiger partial charge on any atom is -0.481 e. The number of aliphatic carboxylic acids is 1. The molecule has 0 spiro atoms. The second kappa shape index (κ2) is 4.87. The van der Waals surface area contributed by atoms with Crippen LogP contribution in [0.1, 0.15) is 12.0 Å². The topological polar surface area (TPSA) is 86.7 Å². The molecule has 2 N–H and O–H groups in total. The fourth-order valence-corrected chi connectivity index (χ4v) is 1.81. The molecule has 2 rings (SSSR count). The van der Waals surface area contributed by atoms with Crippen LogP contribution in [0.4, 0.5) is 4.79 Å². The van der Waals surface area contributed by atoms with E-state index < -0.39 is 30.4 Å². The molecule has 94 valence electrons. The van der Waals surface area contributed by atoms with Crippen LogP contribution < -0.4 is 5.32 Å². The zero-order chi connectivity index (χ0) is 13.1. The molecule has 3 amide bonds. The third kappa shape index (κ3) is 2.48. The van der Waals surface area contributed by atoms with Crippen molar-refractivity contribution in [1.29, 1.82) is 0 Å². The fraction of sp³-hybridized carbons (Fsp3) is 0.250. The molecule has 18 heavy (non-hydrogen) atoms. The summed E-state index contributed by atoms with van der Waals surface area (Å²) in [6, 6.07) is 7.54. The number of nitrogens with zero attached hydrogens (tertiary/aromatic N) is 1. The highest BCUT2D eigenvalue weighted by Crippen LogP contribution is 2.13. The van der Waals surface area contributed by atoms with Gasteiger partial charge in [0.25, 0.3) is 5.91 Å². The fourth-order valence-electron chi connectivity index (χ4n) is 1.81. The van der Waals surface area contributed by atoms with Crippen LogP contribution in [0.15, 0.2) is 30.3 Å². The highest BCUT2D eigenvalue weighted by atomic mass is 16.4. The van der Waals surface area contributed by atoms with Crippen LogP contribution in [0.5, 0.6) is 0 Å². The van der Waals surface area contributed by atoms with E-state index in [0.29, 0.717) is 0 Å². The molecule has 0 saturated carbocycles. The molecule has 1 fully saturated rings. The average molecular weight is 248 g/mol. The number of hydrogen-bond donors (Lipinski definition) is 2. The van der Waals surface area contributed by atoms with Crippen LogP contribution in [0.25, 0.3) is 0 Å². The number of rotatable bonds is 4. The lowest BCUT2D eigenvalue weighted by atomic mass is 10.2. The first-order valence-electron chi connectivity index (χ1n) is 5.45. The van der Waals surface area contributed by atoms with E-state index in [1.165, 1.54) is 0 Å². The molecule has 1 atom stereocenters. The van der Waals surface area contributed by atoms with E-state index in [9.17, 15) is 14.4 Å². The molecular formula is C12H12N2O4. The predicted octanol–water partition coefficient (Wildman–Crippen LogP) is 0.582. The SMILES string of the molecule is O=C(O)C[C@H]1NC(=O)N(Cc2ccccc2)C1=O. The molecule has 1 heterocycles. The molecule has 0 aliphatic carbocycles. The number of urea groups is 1. The number of carbonyl (C=O) groups excluding carboxylic acids is 2. The first kappa shape index (κ1) is 12.1. The number of carbonyl (C=O) groups is 3. The Morgan fingerprint density at radius 1 is 1.28 bits per heavy atom. The Bertz CT molecular complexity index is 486. The minimum atomic E-state index is -1.12. The Kier molecular flexibility index (Phi) is 3.27. The number of hydrogen-bond acceptors (Lipinski definition) is 3. The van der Waals surface area contributed by atoms with Gasteiger partial charge in [0.15, 0.2) is 0 Å². The van der Waals surface area contributed by atoms with E-state index >= 15 is 0 Å². The lowest BCUT2D eigenvalue weighted by molar-refractivity contribution is -0.140. The summed E-state index contributed by atoms with van der Waals surface area (Å²) in [5, 5.41) is 11.0. The van der Waals surface area contributed by atoms with Gasteiger partial charge in [-0.2, -0.15) is 0 Å². The quantitative estimate of drug-likeness (QED) is 0.763. The third-order valence-corrected chi connectivity index (χ3v) is 2.67. The maximum atomic E-state index is 11.8. The molecule has 1 aromatic rings. The van der Waals surface area contributed by atoms with Crippen molar-refractivity contribution in [2.45, 2.75) is 19.0 Å². The van der Waals surface area contributed by atoms with E-state index in [2.05, 4.69) is 5.32 Å². The van der Waals surface area contributed by atoms with E-state index in [0.717, 1.165) is 10.5 Å². The van der Waals surface area contributed by atoms with Crippen molar-refractivity contribution < 1.29 is 19.5 Å². The van der Waals surface area contributed by atoms with Crippen molar-refractivity contribution in [1.82, 2.24) is 10.2 Å². The van der Waals surface area contributed by atoms with Crippen LogP contribution in [0.2, 0.25) is 0 Å².